The van der Waals surface area contributed by atoms with Crippen molar-refractivity contribution in [2.45, 2.75) is 143 Å². The molecular weight excluding hydrogens is 583 g/mol. The molecule has 4 N–H and O–H groups in total. The van der Waals surface area contributed by atoms with E-state index in [1.165, 1.54) is 43.2 Å². The van der Waals surface area contributed by atoms with Crippen LogP contribution < -0.4 is 5.43 Å². The number of benzene rings is 2. The van der Waals surface area contributed by atoms with E-state index in [4.69, 9.17) is 5.84 Å². The molecule has 2 aromatic carbocycles. The van der Waals surface area contributed by atoms with Gasteiger partial charge in [0.05, 0.1) is 0 Å². The van der Waals surface area contributed by atoms with Crippen LogP contribution in [0.3, 0.4) is 0 Å². The summed E-state index contributed by atoms with van der Waals surface area (Å²) in [7, 11) is 0. The summed E-state index contributed by atoms with van der Waals surface area (Å²) in [6, 6.07) is 9.02. The monoisotopic (exact) mass is 640 g/mol. The van der Waals surface area contributed by atoms with Gasteiger partial charge in [0.2, 0.25) is 0 Å². The smallest absolute Gasteiger partial charge is 0.0104 e. The van der Waals surface area contributed by atoms with Crippen LogP contribution in [0.1, 0.15) is 149 Å². The van der Waals surface area contributed by atoms with Crippen LogP contribution in [0, 0.1) is 0 Å². The first-order valence-corrected chi connectivity index (χ1v) is 16.5. The normalized spacial score (nSPS) is 14.8. The van der Waals surface area contributed by atoms with E-state index in [0.717, 1.165) is 22.3 Å². The van der Waals surface area contributed by atoms with Crippen LogP contribution in [0.4, 0.5) is 0 Å². The van der Waals surface area contributed by atoms with E-state index >= 15 is 0 Å². The van der Waals surface area contributed by atoms with Crippen molar-refractivity contribution in [2.24, 2.45) is 0 Å². The van der Waals surface area contributed by atoms with Crippen molar-refractivity contribution < 1.29 is 24.3 Å². The Kier molecular flexibility index (Phi) is 13.8. The van der Waals surface area contributed by atoms with Crippen LogP contribution in [0.25, 0.3) is 5.84 Å². The maximum Gasteiger partial charge on any atom is -0.0104 e. The number of hydrogen-bond donors (Lipinski definition) is 3. The number of hydrogen-bond acceptors (Lipinski definition) is 3. The van der Waals surface area contributed by atoms with E-state index in [1.807, 2.05) is 0 Å². The third-order valence-electron chi connectivity index (χ3n) is 7.80. The zero-order chi connectivity index (χ0) is 31.4. The maximum atomic E-state index is 11.1. The van der Waals surface area contributed by atoms with Crippen LogP contribution in [0.2, 0.25) is 0 Å². The molecule has 1 saturated carbocycles. The van der Waals surface area contributed by atoms with Gasteiger partial charge in [0.25, 0.3) is 0 Å². The number of phenolic OH excluding ortho intramolecular Hbond substituents is 2. The molecule has 1 fully saturated rings. The van der Waals surface area contributed by atoms with E-state index in [2.05, 4.69) is 123 Å². The first-order valence-electron chi connectivity index (χ1n) is 15.1. The summed E-state index contributed by atoms with van der Waals surface area (Å²) in [6.07, 6.45) is 6.43. The van der Waals surface area contributed by atoms with Gasteiger partial charge >= 0.3 is 208 Å². The molecule has 0 unspecified atom stereocenters. The number of nitrogens with one attached hydrogen (secondary N) is 2. The minimum absolute atomic E-state index is 0. The molecule has 3 rings (SSSR count). The van der Waals surface area contributed by atoms with Gasteiger partial charge in [-0.1, -0.05) is 19.3 Å². The van der Waals surface area contributed by atoms with Crippen molar-refractivity contribution in [1.82, 2.24) is 5.43 Å². The maximum absolute atomic E-state index is 11.1. The predicted octanol–water partition coefficient (Wildman–Crippen LogP) is 9.67. The van der Waals surface area contributed by atoms with Crippen LogP contribution in [0.15, 0.2) is 24.3 Å². The Balaban J connectivity index is 0.000000843. The van der Waals surface area contributed by atoms with Gasteiger partial charge in [-0.25, -0.2) is 0 Å². The molecule has 1 aliphatic rings. The number of aromatic hydroxyl groups is 2. The van der Waals surface area contributed by atoms with Gasteiger partial charge in [-0.3, -0.25) is 0 Å². The summed E-state index contributed by atoms with van der Waals surface area (Å²) in [5.74, 6) is 7.57. The standard InChI is InChI=1S/2C15H22O.C6H13N2.ClH.Mn/c2*1-10-8-11(14(2,3)4)9-12(13(10)16)15(5,6)7;7-8-6-4-2-1-3-5-6;;/h2*1,8-9,16H,2-7H3;6-8H,1-5H2;1H;/q;;-1;;. The zero-order valence-electron chi connectivity index (χ0n) is 28.3. The van der Waals surface area contributed by atoms with E-state index in [9.17, 15) is 10.2 Å². The summed E-state index contributed by atoms with van der Waals surface area (Å²) in [5.41, 5.74) is 8.34. The van der Waals surface area contributed by atoms with Crippen molar-refractivity contribution in [1.29, 1.82) is 0 Å². The molecule has 0 radical (unpaired) electrons. The Morgan fingerprint density at radius 3 is 1.26 bits per heavy atom. The summed E-state index contributed by atoms with van der Waals surface area (Å²) in [5, 5.41) is 22.2. The Morgan fingerprint density at radius 1 is 0.643 bits per heavy atom. The molecule has 239 valence electrons. The zero-order valence-corrected chi connectivity index (χ0v) is 30.3. The molecule has 0 saturated heterocycles. The average molecular weight is 641 g/mol. The fourth-order valence-electron chi connectivity index (χ4n) is 4.90. The van der Waals surface area contributed by atoms with Gasteiger partial charge in [-0.15, -0.1) is 12.4 Å². The van der Waals surface area contributed by atoms with Crippen molar-refractivity contribution in [3.8, 4) is 11.5 Å². The Morgan fingerprint density at radius 2 is 1.00 bits per heavy atom. The summed E-state index contributed by atoms with van der Waals surface area (Å²) < 4.78 is 0. The summed E-state index contributed by atoms with van der Waals surface area (Å²) in [4.78, 5) is 4.20. The second kappa shape index (κ2) is 15.0. The molecule has 0 bridgehead atoms. The predicted molar refractivity (Wildman–Crippen MR) is 183 cm³/mol. The van der Waals surface area contributed by atoms with Crippen molar-refractivity contribution in [3.05, 3.63) is 63.5 Å². The van der Waals surface area contributed by atoms with E-state index in [-0.39, 0.29) is 34.1 Å². The van der Waals surface area contributed by atoms with Gasteiger partial charge < -0.3 is 11.3 Å². The SMILES string of the molecule is CC(C)(C)c1cc([CH]=[Mn]=[CH]c2cc(C(C)(C)C)cc(C(C)(C)C)c2O)c(O)c(C(C)(C)C)c1.Cl.[NH-]NC1CCCCC1. The summed E-state index contributed by atoms with van der Waals surface area (Å²) in [6.45, 7) is 26.0. The van der Waals surface area contributed by atoms with E-state index < -0.39 is 0 Å². The van der Waals surface area contributed by atoms with Crippen LogP contribution in [-0.4, -0.2) is 26.1 Å². The molecule has 0 aliphatic heterocycles. The second-order valence-electron chi connectivity index (χ2n) is 15.7. The first-order chi connectivity index (χ1) is 18.7. The summed E-state index contributed by atoms with van der Waals surface area (Å²) >= 11 is 0.293. The van der Waals surface area contributed by atoms with E-state index in [1.54, 1.807) is 0 Å². The third kappa shape index (κ3) is 10.9. The number of halogens is 1. The number of rotatable bonds is 3. The average Bonchev–Trinajstić information content (AvgIpc) is 2.84. The molecule has 1 aliphatic carbocycles. The van der Waals surface area contributed by atoms with Crippen LogP contribution in [-0.2, 0) is 35.7 Å². The van der Waals surface area contributed by atoms with Crippen molar-refractivity contribution in [2.75, 3.05) is 0 Å². The Bertz CT molecular complexity index is 1160. The Hall–Kier alpha value is -1.49. The molecule has 0 aromatic heterocycles. The largest absolute Gasteiger partial charge is 0.612 e. The van der Waals surface area contributed by atoms with Crippen LogP contribution >= 0.6 is 12.4 Å². The fraction of sp³-hybridized carbons (Fsp3) is 0.611. The minimum atomic E-state index is -0.151. The molecule has 42 heavy (non-hydrogen) atoms. The van der Waals surface area contributed by atoms with Crippen molar-refractivity contribution in [3.63, 3.8) is 0 Å². The molecule has 6 heteroatoms. The fourth-order valence-corrected chi connectivity index (χ4v) is 5.95. The van der Waals surface area contributed by atoms with Gasteiger partial charge in [0, 0.05) is 0 Å². The van der Waals surface area contributed by atoms with Gasteiger partial charge in [0.15, 0.2) is 0 Å². The molecule has 0 atom stereocenters. The molecule has 2 aromatic rings. The molecular formula is C36H58ClMnN2O2-. The third-order valence-corrected chi connectivity index (χ3v) is 8.92. The molecule has 0 amide bonds. The van der Waals surface area contributed by atoms with Crippen LogP contribution in [0.5, 0.6) is 11.5 Å². The van der Waals surface area contributed by atoms with E-state index in [0.29, 0.717) is 31.6 Å². The topological polar surface area (TPSA) is 76.3 Å². The quantitative estimate of drug-likeness (QED) is 0.231. The first kappa shape index (κ1) is 38.5. The molecule has 4 nitrogen and oxygen atoms in total. The molecule has 0 spiro atoms. The van der Waals surface area contributed by atoms with Gasteiger partial charge in [0.1, 0.15) is 0 Å². The second-order valence-corrected chi connectivity index (χ2v) is 16.8. The van der Waals surface area contributed by atoms with Gasteiger partial charge in [-0.05, 0) is 18.9 Å². The Labute approximate surface area is 268 Å². The van der Waals surface area contributed by atoms with Gasteiger partial charge in [-0.2, -0.15) is 0 Å². The number of phenols is 2. The molecule has 0 heterocycles. The van der Waals surface area contributed by atoms with Crippen molar-refractivity contribution >= 4 is 22.2 Å². The minimum Gasteiger partial charge on any atom is -0.612 e.